The number of aryl methyl sites for hydroxylation is 2. The van der Waals surface area contributed by atoms with E-state index in [1.54, 1.807) is 26.1 Å². The summed E-state index contributed by atoms with van der Waals surface area (Å²) in [6.45, 7) is 5.75. The van der Waals surface area contributed by atoms with Crippen molar-refractivity contribution in [2.45, 2.75) is 33.1 Å². The maximum atomic E-state index is 11.9. The largest absolute Gasteiger partial charge is 0.497 e. The van der Waals surface area contributed by atoms with Gasteiger partial charge < -0.3 is 20.3 Å². The Kier molecular flexibility index (Phi) is 12.1. The second kappa shape index (κ2) is 14.0. The molecule has 0 aliphatic carbocycles. The lowest BCUT2D eigenvalue weighted by molar-refractivity contribution is -0.127. The van der Waals surface area contributed by atoms with E-state index in [4.69, 9.17) is 4.74 Å². The molecule has 9 heteroatoms. The van der Waals surface area contributed by atoms with Crippen LogP contribution in [-0.2, 0) is 24.7 Å². The predicted octanol–water partition coefficient (Wildman–Crippen LogP) is 2.46. The number of nitrogens with one attached hydrogen (secondary N) is 2. The van der Waals surface area contributed by atoms with Crippen LogP contribution in [0.4, 0.5) is 0 Å². The van der Waals surface area contributed by atoms with E-state index in [0.29, 0.717) is 5.96 Å². The highest BCUT2D eigenvalue weighted by molar-refractivity contribution is 14.0. The smallest absolute Gasteiger partial charge is 0.243 e. The molecule has 32 heavy (non-hydrogen) atoms. The number of aliphatic imine (C=N–C) groups is 1. The number of benzene rings is 1. The second-order valence-corrected chi connectivity index (χ2v) is 7.78. The maximum absolute atomic E-state index is 11.9. The van der Waals surface area contributed by atoms with Gasteiger partial charge in [-0.15, -0.1) is 24.0 Å². The summed E-state index contributed by atoms with van der Waals surface area (Å²) in [5.41, 5.74) is 4.81. The third-order valence-electron chi connectivity index (χ3n) is 5.29. The zero-order valence-electron chi connectivity index (χ0n) is 20.1. The Hall–Kier alpha value is -2.30. The molecule has 2 rings (SSSR count). The summed E-state index contributed by atoms with van der Waals surface area (Å²) in [7, 11) is 7.11. The van der Waals surface area contributed by atoms with Crippen LogP contribution in [0.15, 0.2) is 29.3 Å². The van der Waals surface area contributed by atoms with Gasteiger partial charge in [0.2, 0.25) is 5.91 Å². The quantitative estimate of drug-likeness (QED) is 0.203. The minimum absolute atomic E-state index is 0. The van der Waals surface area contributed by atoms with Crippen LogP contribution in [-0.4, -0.2) is 67.4 Å². The molecule has 178 valence electrons. The van der Waals surface area contributed by atoms with Crippen molar-refractivity contribution in [3.63, 3.8) is 0 Å². The molecular weight excluding hydrogens is 519 g/mol. The number of nitrogens with zero attached hydrogens (tertiary/aromatic N) is 4. The van der Waals surface area contributed by atoms with Gasteiger partial charge >= 0.3 is 0 Å². The maximum Gasteiger partial charge on any atom is 0.243 e. The lowest BCUT2D eigenvalue weighted by Gasteiger charge is -2.14. The molecule has 0 aliphatic heterocycles. The fourth-order valence-electron chi connectivity index (χ4n) is 3.23. The zero-order chi connectivity index (χ0) is 22.8. The molecule has 0 spiro atoms. The Morgan fingerprint density at radius 2 is 1.78 bits per heavy atom. The van der Waals surface area contributed by atoms with Crippen molar-refractivity contribution in [2.24, 2.45) is 12.0 Å². The first-order valence-electron chi connectivity index (χ1n) is 10.7. The minimum atomic E-state index is -0.0298. The molecule has 0 aliphatic rings. The topological polar surface area (TPSA) is 83.8 Å². The van der Waals surface area contributed by atoms with Crippen molar-refractivity contribution in [2.75, 3.05) is 40.8 Å². The van der Waals surface area contributed by atoms with Crippen molar-refractivity contribution < 1.29 is 9.53 Å². The van der Waals surface area contributed by atoms with Gasteiger partial charge in [0.1, 0.15) is 12.3 Å². The average molecular weight is 556 g/mol. The van der Waals surface area contributed by atoms with Gasteiger partial charge in [-0.3, -0.25) is 9.48 Å². The first-order chi connectivity index (χ1) is 14.8. The number of ether oxygens (including phenoxy) is 1. The molecule has 2 aromatic rings. The summed E-state index contributed by atoms with van der Waals surface area (Å²) >= 11 is 0. The number of carbonyl (C=O) groups is 1. The van der Waals surface area contributed by atoms with Crippen molar-refractivity contribution in [1.29, 1.82) is 0 Å². The Labute approximate surface area is 208 Å². The molecule has 0 bridgehead atoms. The second-order valence-electron chi connectivity index (χ2n) is 7.78. The fraction of sp³-hybridized carbons (Fsp3) is 0.522. The Morgan fingerprint density at radius 1 is 1.12 bits per heavy atom. The van der Waals surface area contributed by atoms with E-state index in [9.17, 15) is 4.79 Å². The SMILES string of the molecule is COc1ccc(CCNC(=NCC(=O)N(C)C)NCCCc2c(C)nn(C)c2C)cc1.I. The highest BCUT2D eigenvalue weighted by atomic mass is 127. The monoisotopic (exact) mass is 556 g/mol. The highest BCUT2D eigenvalue weighted by Crippen LogP contribution is 2.13. The molecule has 0 saturated carbocycles. The van der Waals surface area contributed by atoms with Crippen LogP contribution in [0.1, 0.15) is 28.9 Å². The van der Waals surface area contributed by atoms with Gasteiger partial charge in [-0.25, -0.2) is 4.99 Å². The molecule has 1 amide bonds. The molecule has 1 aromatic carbocycles. The summed E-state index contributed by atoms with van der Waals surface area (Å²) in [6, 6.07) is 8.03. The lowest BCUT2D eigenvalue weighted by atomic mass is 10.1. The van der Waals surface area contributed by atoms with Gasteiger partial charge in [0.05, 0.1) is 12.8 Å². The van der Waals surface area contributed by atoms with E-state index >= 15 is 0 Å². The van der Waals surface area contributed by atoms with Crippen molar-refractivity contribution in [1.82, 2.24) is 25.3 Å². The molecule has 0 fully saturated rings. The predicted molar refractivity (Wildman–Crippen MR) is 140 cm³/mol. The summed E-state index contributed by atoms with van der Waals surface area (Å²) in [6.07, 6.45) is 2.75. The standard InChI is InChI=1S/C23H36N6O2.HI/c1-17-21(18(2)29(5)27-17)8-7-14-24-23(26-16-22(30)28(3)4)25-15-13-19-9-11-20(31-6)12-10-19;/h9-12H,7-8,13-16H2,1-6H3,(H2,24,25,26);1H. The minimum Gasteiger partial charge on any atom is -0.497 e. The van der Waals surface area contributed by atoms with E-state index < -0.39 is 0 Å². The van der Waals surface area contributed by atoms with Crippen LogP contribution in [0.2, 0.25) is 0 Å². The molecule has 0 saturated heterocycles. The Balaban J connectivity index is 0.00000512. The molecule has 8 nitrogen and oxygen atoms in total. The number of halogens is 1. The molecule has 0 radical (unpaired) electrons. The normalized spacial score (nSPS) is 11.0. The molecule has 0 unspecified atom stereocenters. The summed E-state index contributed by atoms with van der Waals surface area (Å²) in [4.78, 5) is 17.9. The zero-order valence-corrected chi connectivity index (χ0v) is 22.4. The van der Waals surface area contributed by atoms with Gasteiger partial charge in [-0.05, 0) is 56.4 Å². The first-order valence-corrected chi connectivity index (χ1v) is 10.7. The van der Waals surface area contributed by atoms with Crippen LogP contribution < -0.4 is 15.4 Å². The van der Waals surface area contributed by atoms with Crippen LogP contribution in [0.3, 0.4) is 0 Å². The van der Waals surface area contributed by atoms with Crippen LogP contribution >= 0.6 is 24.0 Å². The lowest BCUT2D eigenvalue weighted by Crippen LogP contribution is -2.40. The number of methoxy groups -OCH3 is 1. The number of hydrogen-bond donors (Lipinski definition) is 2. The van der Waals surface area contributed by atoms with Crippen LogP contribution in [0.5, 0.6) is 5.75 Å². The Bertz CT molecular complexity index is 877. The van der Waals surface area contributed by atoms with Gasteiger partial charge in [0.15, 0.2) is 5.96 Å². The van der Waals surface area contributed by atoms with Crippen molar-refractivity contribution in [3.8, 4) is 5.75 Å². The van der Waals surface area contributed by atoms with E-state index in [-0.39, 0.29) is 36.4 Å². The average Bonchev–Trinajstić information content (AvgIpc) is 3.00. The van der Waals surface area contributed by atoms with Gasteiger partial charge in [0.25, 0.3) is 0 Å². The summed E-state index contributed by atoms with van der Waals surface area (Å²) in [5.74, 6) is 1.48. The van der Waals surface area contributed by atoms with E-state index in [1.165, 1.54) is 16.8 Å². The molecule has 2 N–H and O–H groups in total. The van der Waals surface area contributed by atoms with Gasteiger partial charge in [-0.2, -0.15) is 5.10 Å². The Morgan fingerprint density at radius 3 is 2.34 bits per heavy atom. The van der Waals surface area contributed by atoms with Gasteiger partial charge in [-0.1, -0.05) is 12.1 Å². The molecule has 1 heterocycles. The summed E-state index contributed by atoms with van der Waals surface area (Å²) in [5, 5.41) is 11.2. The highest BCUT2D eigenvalue weighted by Gasteiger charge is 2.09. The summed E-state index contributed by atoms with van der Waals surface area (Å²) < 4.78 is 7.13. The van der Waals surface area contributed by atoms with Crippen LogP contribution in [0.25, 0.3) is 0 Å². The molecular formula is C23H37IN6O2. The number of likely N-dealkylation sites (N-methyl/N-ethyl adjacent to an activating group) is 1. The number of aromatic nitrogens is 2. The van der Waals surface area contributed by atoms with Gasteiger partial charge in [0, 0.05) is 39.9 Å². The van der Waals surface area contributed by atoms with E-state index in [2.05, 4.69) is 46.7 Å². The fourth-order valence-corrected chi connectivity index (χ4v) is 3.23. The number of hydrogen-bond acceptors (Lipinski definition) is 4. The van der Waals surface area contributed by atoms with Crippen molar-refractivity contribution >= 4 is 35.8 Å². The van der Waals surface area contributed by atoms with E-state index in [1.807, 2.05) is 23.9 Å². The number of guanidine groups is 1. The van der Waals surface area contributed by atoms with Crippen LogP contribution in [0, 0.1) is 13.8 Å². The number of amides is 1. The third kappa shape index (κ3) is 8.68. The molecule has 1 aromatic heterocycles. The van der Waals surface area contributed by atoms with E-state index in [0.717, 1.165) is 43.8 Å². The van der Waals surface area contributed by atoms with Crippen molar-refractivity contribution in [3.05, 3.63) is 46.8 Å². The number of carbonyl (C=O) groups excluding carboxylic acids is 1. The number of rotatable bonds is 10. The first kappa shape index (κ1) is 27.7. The third-order valence-corrected chi connectivity index (χ3v) is 5.29. The molecule has 0 atom stereocenters.